The average molecular weight is 457 g/mol. The van der Waals surface area contributed by atoms with Gasteiger partial charge in [0.05, 0.1) is 22.8 Å². The second-order valence-corrected chi connectivity index (χ2v) is 8.81. The van der Waals surface area contributed by atoms with Crippen LogP contribution in [0.1, 0.15) is 48.6 Å². The number of carbonyl (C=O) groups excluding carboxylic acids is 2. The largest absolute Gasteiger partial charge is 0.459 e. The van der Waals surface area contributed by atoms with Crippen LogP contribution in [0.25, 0.3) is 0 Å². The maximum Gasteiger partial charge on any atom is 0.306 e. The summed E-state index contributed by atoms with van der Waals surface area (Å²) in [4.78, 5) is 30.7. The monoisotopic (exact) mass is 456 g/mol. The molecule has 0 radical (unpaired) electrons. The number of esters is 1. The number of anilines is 2. The number of rotatable bonds is 7. The van der Waals surface area contributed by atoms with Gasteiger partial charge in [-0.25, -0.2) is 4.98 Å². The Bertz CT molecular complexity index is 1060. The molecule has 0 aliphatic rings. The summed E-state index contributed by atoms with van der Waals surface area (Å²) in [6.07, 6.45) is 0.290. The maximum atomic E-state index is 12.4. The number of benzene rings is 2. The van der Waals surface area contributed by atoms with Gasteiger partial charge in [-0.05, 0) is 42.5 Å². The Morgan fingerprint density at radius 2 is 1.90 bits per heavy atom. The standard InChI is InChI=1S/C24H25ClN2O3S/c1-15-10-17(3)23(21(25)11-15)27(18(4)28)24-26-20(14-31-24)13-30-22(29)12-16(2)19-8-6-5-7-9-19/h5-11,14,16H,12-13H2,1-4H3. The molecule has 3 rings (SSSR count). The van der Waals surface area contributed by atoms with Gasteiger partial charge in [-0.3, -0.25) is 14.5 Å². The molecule has 0 bridgehead atoms. The minimum atomic E-state index is -0.285. The fourth-order valence-electron chi connectivity index (χ4n) is 3.41. The molecule has 0 aliphatic carbocycles. The van der Waals surface area contributed by atoms with Crippen LogP contribution in [0.5, 0.6) is 0 Å². The summed E-state index contributed by atoms with van der Waals surface area (Å²) in [6, 6.07) is 13.7. The third kappa shape index (κ3) is 5.71. The first-order chi connectivity index (χ1) is 14.8. The topological polar surface area (TPSA) is 59.5 Å². The highest BCUT2D eigenvalue weighted by atomic mass is 35.5. The van der Waals surface area contributed by atoms with Crippen molar-refractivity contribution in [3.63, 3.8) is 0 Å². The van der Waals surface area contributed by atoms with Crippen molar-refractivity contribution in [2.24, 2.45) is 0 Å². The van der Waals surface area contributed by atoms with Crippen LogP contribution in [-0.4, -0.2) is 16.9 Å². The summed E-state index contributed by atoms with van der Waals surface area (Å²) in [5.41, 5.74) is 4.21. The van der Waals surface area contributed by atoms with E-state index in [0.29, 0.717) is 28.0 Å². The van der Waals surface area contributed by atoms with E-state index in [0.717, 1.165) is 16.7 Å². The zero-order valence-corrected chi connectivity index (χ0v) is 19.6. The van der Waals surface area contributed by atoms with Gasteiger partial charge in [0, 0.05) is 12.3 Å². The van der Waals surface area contributed by atoms with E-state index in [1.807, 2.05) is 63.2 Å². The highest BCUT2D eigenvalue weighted by Crippen LogP contribution is 2.37. The highest BCUT2D eigenvalue weighted by molar-refractivity contribution is 7.14. The molecule has 31 heavy (non-hydrogen) atoms. The predicted octanol–water partition coefficient (Wildman–Crippen LogP) is 6.33. The van der Waals surface area contributed by atoms with Gasteiger partial charge in [0.15, 0.2) is 5.13 Å². The molecule has 1 amide bonds. The summed E-state index contributed by atoms with van der Waals surface area (Å²) >= 11 is 7.75. The maximum absolute atomic E-state index is 12.4. The van der Waals surface area contributed by atoms with Crippen molar-refractivity contribution in [3.05, 3.63) is 75.3 Å². The van der Waals surface area contributed by atoms with Crippen LogP contribution >= 0.6 is 22.9 Å². The normalized spacial score (nSPS) is 11.8. The molecule has 2 aromatic carbocycles. The van der Waals surface area contributed by atoms with Gasteiger partial charge in [0.25, 0.3) is 0 Å². The molecule has 0 N–H and O–H groups in total. The van der Waals surface area contributed by atoms with Crippen molar-refractivity contribution in [1.29, 1.82) is 0 Å². The molecule has 0 saturated carbocycles. The highest BCUT2D eigenvalue weighted by Gasteiger charge is 2.23. The number of ether oxygens (including phenoxy) is 1. The molecular weight excluding hydrogens is 432 g/mol. The number of hydrogen-bond donors (Lipinski definition) is 0. The van der Waals surface area contributed by atoms with Crippen molar-refractivity contribution in [3.8, 4) is 0 Å². The smallest absolute Gasteiger partial charge is 0.306 e. The molecule has 0 spiro atoms. The van der Waals surface area contributed by atoms with Crippen molar-refractivity contribution in [1.82, 2.24) is 4.98 Å². The fraction of sp³-hybridized carbons (Fsp3) is 0.292. The van der Waals surface area contributed by atoms with E-state index in [4.69, 9.17) is 16.3 Å². The van der Waals surface area contributed by atoms with Gasteiger partial charge >= 0.3 is 5.97 Å². The van der Waals surface area contributed by atoms with Gasteiger partial charge in [-0.1, -0.05) is 54.9 Å². The predicted molar refractivity (Wildman–Crippen MR) is 125 cm³/mol. The second-order valence-electron chi connectivity index (χ2n) is 7.56. The first-order valence-electron chi connectivity index (χ1n) is 9.98. The summed E-state index contributed by atoms with van der Waals surface area (Å²) in [5, 5.41) is 2.77. The third-order valence-electron chi connectivity index (χ3n) is 4.89. The minimum absolute atomic E-state index is 0.0587. The Balaban J connectivity index is 1.69. The molecule has 5 nitrogen and oxygen atoms in total. The molecule has 0 fully saturated rings. The zero-order chi connectivity index (χ0) is 22.5. The molecular formula is C24H25ClN2O3S. The van der Waals surface area contributed by atoms with Crippen LogP contribution in [0.4, 0.5) is 10.8 Å². The minimum Gasteiger partial charge on any atom is -0.459 e. The molecule has 1 aromatic heterocycles. The number of nitrogens with zero attached hydrogens (tertiary/aromatic N) is 2. The Labute approximate surface area is 191 Å². The van der Waals surface area contributed by atoms with E-state index < -0.39 is 0 Å². The Morgan fingerprint density at radius 1 is 1.19 bits per heavy atom. The number of carbonyl (C=O) groups is 2. The van der Waals surface area contributed by atoms with Crippen LogP contribution in [0.2, 0.25) is 5.02 Å². The van der Waals surface area contributed by atoms with E-state index in [2.05, 4.69) is 4.98 Å². The van der Waals surface area contributed by atoms with Crippen LogP contribution < -0.4 is 4.90 Å². The molecule has 0 saturated heterocycles. The number of hydrogen-bond acceptors (Lipinski definition) is 5. The molecule has 0 aliphatic heterocycles. The quantitative estimate of drug-likeness (QED) is 0.389. The number of aryl methyl sites for hydroxylation is 2. The number of halogens is 1. The van der Waals surface area contributed by atoms with Crippen LogP contribution in [0.3, 0.4) is 0 Å². The van der Waals surface area contributed by atoms with Gasteiger partial charge < -0.3 is 4.74 Å². The van der Waals surface area contributed by atoms with Gasteiger partial charge in [-0.15, -0.1) is 11.3 Å². The SMILES string of the molecule is CC(=O)N(c1nc(COC(=O)CC(C)c2ccccc2)cs1)c1c(C)cc(C)cc1Cl. The molecule has 1 unspecified atom stereocenters. The molecule has 7 heteroatoms. The van der Waals surface area contributed by atoms with Gasteiger partial charge in [0.1, 0.15) is 6.61 Å². The van der Waals surface area contributed by atoms with Crippen LogP contribution in [0, 0.1) is 13.8 Å². The lowest BCUT2D eigenvalue weighted by molar-refractivity contribution is -0.145. The third-order valence-corrected chi connectivity index (χ3v) is 6.05. The lowest BCUT2D eigenvalue weighted by Crippen LogP contribution is -2.24. The number of amides is 1. The zero-order valence-electron chi connectivity index (χ0n) is 18.0. The van der Waals surface area contributed by atoms with Gasteiger partial charge in [0.2, 0.25) is 5.91 Å². The lowest BCUT2D eigenvalue weighted by atomic mass is 9.98. The summed E-state index contributed by atoms with van der Waals surface area (Å²) in [7, 11) is 0. The Morgan fingerprint density at radius 3 is 2.55 bits per heavy atom. The van der Waals surface area contributed by atoms with E-state index in [1.54, 1.807) is 5.38 Å². The molecule has 3 aromatic rings. The van der Waals surface area contributed by atoms with Crippen molar-refractivity contribution >= 4 is 45.6 Å². The first-order valence-corrected chi connectivity index (χ1v) is 11.2. The average Bonchev–Trinajstić information content (AvgIpc) is 3.17. The van der Waals surface area contributed by atoms with E-state index >= 15 is 0 Å². The molecule has 1 heterocycles. The second kappa shape index (κ2) is 10.1. The van der Waals surface area contributed by atoms with Crippen molar-refractivity contribution < 1.29 is 14.3 Å². The summed E-state index contributed by atoms with van der Waals surface area (Å²) in [6.45, 7) is 7.39. The van der Waals surface area contributed by atoms with Crippen LogP contribution in [-0.2, 0) is 20.9 Å². The summed E-state index contributed by atoms with van der Waals surface area (Å²) in [5.74, 6) is -0.408. The number of thiazole rings is 1. The van der Waals surface area contributed by atoms with E-state index in [1.165, 1.54) is 23.2 Å². The summed E-state index contributed by atoms with van der Waals surface area (Å²) < 4.78 is 5.42. The molecule has 1 atom stereocenters. The van der Waals surface area contributed by atoms with Crippen molar-refractivity contribution in [2.45, 2.75) is 46.6 Å². The lowest BCUT2D eigenvalue weighted by Gasteiger charge is -2.22. The van der Waals surface area contributed by atoms with E-state index in [9.17, 15) is 9.59 Å². The van der Waals surface area contributed by atoms with Gasteiger partial charge in [-0.2, -0.15) is 0 Å². The molecule has 162 valence electrons. The van der Waals surface area contributed by atoms with Crippen molar-refractivity contribution in [2.75, 3.05) is 4.90 Å². The Kier molecular flexibility index (Phi) is 7.46. The van der Waals surface area contributed by atoms with E-state index in [-0.39, 0.29) is 24.4 Å². The van der Waals surface area contributed by atoms with Crippen LogP contribution in [0.15, 0.2) is 47.8 Å². The Hall–Kier alpha value is -2.70. The first kappa shape index (κ1) is 23.0. The number of aromatic nitrogens is 1. The fourth-order valence-corrected chi connectivity index (χ4v) is 4.67.